The summed E-state index contributed by atoms with van der Waals surface area (Å²) in [6.45, 7) is 3.37. The van der Waals surface area contributed by atoms with Crippen molar-refractivity contribution in [1.82, 2.24) is 0 Å². The van der Waals surface area contributed by atoms with E-state index in [0.29, 0.717) is 5.56 Å². The number of carbonyl (C=O) groups excluding carboxylic acids is 1. The second kappa shape index (κ2) is 7.51. The smallest absolute Gasteiger partial charge is 0.326 e. The number of nitrogens with zero attached hydrogens (tertiary/aromatic N) is 2. The molecule has 2 aromatic carbocycles. The van der Waals surface area contributed by atoms with E-state index in [-0.39, 0.29) is 22.9 Å². The fourth-order valence-corrected chi connectivity index (χ4v) is 2.87. The summed E-state index contributed by atoms with van der Waals surface area (Å²) in [6.07, 6.45) is 2.40. The van der Waals surface area contributed by atoms with Crippen molar-refractivity contribution < 1.29 is 24.4 Å². The number of nitro benzene ring substituents is 1. The van der Waals surface area contributed by atoms with Crippen LogP contribution in [0.3, 0.4) is 0 Å². The summed E-state index contributed by atoms with van der Waals surface area (Å²) < 4.78 is 5.65. The zero-order valence-electron chi connectivity index (χ0n) is 15.3. The van der Waals surface area contributed by atoms with Crippen molar-refractivity contribution in [2.75, 3.05) is 4.90 Å². The second-order valence-corrected chi connectivity index (χ2v) is 6.30. The SMILES string of the molecule is CCc1ccc(/C=C2/Oc3ccc([N+](=O)[O-])cc3N(C(C)C(=O)O)C2=O)cc1. The molecular formula is C20H18N2O6. The number of amides is 1. The Morgan fingerprint density at radius 2 is 1.96 bits per heavy atom. The quantitative estimate of drug-likeness (QED) is 0.482. The van der Waals surface area contributed by atoms with E-state index >= 15 is 0 Å². The van der Waals surface area contributed by atoms with Gasteiger partial charge in [-0.1, -0.05) is 31.2 Å². The van der Waals surface area contributed by atoms with Crippen LogP contribution in [0.25, 0.3) is 6.08 Å². The summed E-state index contributed by atoms with van der Waals surface area (Å²) in [7, 11) is 0. The molecule has 144 valence electrons. The number of ether oxygens (including phenoxy) is 1. The number of aliphatic carboxylic acids is 1. The summed E-state index contributed by atoms with van der Waals surface area (Å²) in [5.41, 5.74) is 1.64. The van der Waals surface area contributed by atoms with E-state index in [0.717, 1.165) is 23.0 Å². The van der Waals surface area contributed by atoms with E-state index in [9.17, 15) is 24.8 Å². The lowest BCUT2D eigenvalue weighted by molar-refractivity contribution is -0.384. The molecule has 3 rings (SSSR count). The Morgan fingerprint density at radius 1 is 1.29 bits per heavy atom. The first kappa shape index (κ1) is 19.1. The molecule has 0 bridgehead atoms. The number of anilines is 1. The van der Waals surface area contributed by atoms with Crippen molar-refractivity contribution in [3.63, 3.8) is 0 Å². The highest BCUT2D eigenvalue weighted by molar-refractivity contribution is 6.12. The highest BCUT2D eigenvalue weighted by Crippen LogP contribution is 2.39. The van der Waals surface area contributed by atoms with Gasteiger partial charge in [0.1, 0.15) is 6.04 Å². The summed E-state index contributed by atoms with van der Waals surface area (Å²) in [4.78, 5) is 35.9. The van der Waals surface area contributed by atoms with Gasteiger partial charge in [-0.3, -0.25) is 19.8 Å². The zero-order chi connectivity index (χ0) is 20.4. The van der Waals surface area contributed by atoms with Gasteiger partial charge < -0.3 is 9.84 Å². The first-order chi connectivity index (χ1) is 13.3. The molecule has 0 saturated carbocycles. The third-order valence-corrected chi connectivity index (χ3v) is 4.49. The van der Waals surface area contributed by atoms with Crippen LogP contribution in [0, 0.1) is 10.1 Å². The number of hydrogen-bond donors (Lipinski definition) is 1. The van der Waals surface area contributed by atoms with E-state index in [1.165, 1.54) is 25.1 Å². The average Bonchev–Trinajstić information content (AvgIpc) is 2.68. The fraction of sp³-hybridized carbons (Fsp3) is 0.200. The average molecular weight is 382 g/mol. The highest BCUT2D eigenvalue weighted by Gasteiger charge is 2.37. The van der Waals surface area contributed by atoms with Gasteiger partial charge in [-0.15, -0.1) is 0 Å². The van der Waals surface area contributed by atoms with Crippen molar-refractivity contribution in [3.05, 3.63) is 69.5 Å². The van der Waals surface area contributed by atoms with Gasteiger partial charge in [-0.25, -0.2) is 4.79 Å². The predicted molar refractivity (Wildman–Crippen MR) is 102 cm³/mol. The van der Waals surface area contributed by atoms with Gasteiger partial charge in [0.15, 0.2) is 11.5 Å². The van der Waals surface area contributed by atoms with Crippen LogP contribution in [0.15, 0.2) is 48.2 Å². The van der Waals surface area contributed by atoms with E-state index < -0.39 is 22.8 Å². The van der Waals surface area contributed by atoms with Crippen LogP contribution in [0.4, 0.5) is 11.4 Å². The third-order valence-electron chi connectivity index (χ3n) is 4.49. The highest BCUT2D eigenvalue weighted by atomic mass is 16.6. The molecule has 1 unspecified atom stereocenters. The maximum absolute atomic E-state index is 12.9. The van der Waals surface area contributed by atoms with Gasteiger partial charge in [0, 0.05) is 12.1 Å². The maximum atomic E-state index is 12.9. The van der Waals surface area contributed by atoms with E-state index in [2.05, 4.69) is 0 Å². The minimum atomic E-state index is -1.24. The first-order valence-electron chi connectivity index (χ1n) is 8.65. The summed E-state index contributed by atoms with van der Waals surface area (Å²) in [5.74, 6) is -1.80. The topological polar surface area (TPSA) is 110 Å². The molecule has 8 nitrogen and oxygen atoms in total. The Morgan fingerprint density at radius 3 is 2.54 bits per heavy atom. The van der Waals surface area contributed by atoms with Gasteiger partial charge in [0.05, 0.1) is 10.6 Å². The molecule has 0 spiro atoms. The molecule has 0 saturated heterocycles. The van der Waals surface area contributed by atoms with Crippen LogP contribution in [-0.4, -0.2) is 27.9 Å². The lowest BCUT2D eigenvalue weighted by Crippen LogP contribution is -2.47. The molecule has 1 heterocycles. The number of non-ortho nitro benzene ring substituents is 1. The Balaban J connectivity index is 2.08. The number of nitro groups is 1. The van der Waals surface area contributed by atoms with Gasteiger partial charge >= 0.3 is 5.97 Å². The lowest BCUT2D eigenvalue weighted by atomic mass is 10.1. The van der Waals surface area contributed by atoms with E-state index in [1.807, 2.05) is 31.2 Å². The van der Waals surface area contributed by atoms with Gasteiger partial charge in [-0.2, -0.15) is 0 Å². The summed E-state index contributed by atoms with van der Waals surface area (Å²) >= 11 is 0. The van der Waals surface area contributed by atoms with Crippen LogP contribution >= 0.6 is 0 Å². The molecule has 1 amide bonds. The molecule has 0 aliphatic carbocycles. The number of aryl methyl sites for hydroxylation is 1. The minimum absolute atomic E-state index is 0.0487. The summed E-state index contributed by atoms with van der Waals surface area (Å²) in [6, 6.07) is 10.0. The van der Waals surface area contributed by atoms with Crippen molar-refractivity contribution in [2.24, 2.45) is 0 Å². The van der Waals surface area contributed by atoms with Crippen molar-refractivity contribution in [2.45, 2.75) is 26.3 Å². The molecule has 28 heavy (non-hydrogen) atoms. The van der Waals surface area contributed by atoms with Crippen LogP contribution < -0.4 is 9.64 Å². The molecule has 1 atom stereocenters. The van der Waals surface area contributed by atoms with Crippen LogP contribution in [0.2, 0.25) is 0 Å². The predicted octanol–water partition coefficient (Wildman–Crippen LogP) is 3.40. The van der Waals surface area contributed by atoms with Crippen LogP contribution in [0.5, 0.6) is 5.75 Å². The Hall–Kier alpha value is -3.68. The monoisotopic (exact) mass is 382 g/mol. The van der Waals surface area contributed by atoms with Crippen molar-refractivity contribution >= 4 is 29.3 Å². The number of carboxylic acid groups (broad SMARTS) is 1. The summed E-state index contributed by atoms with van der Waals surface area (Å²) in [5, 5.41) is 20.5. The van der Waals surface area contributed by atoms with Gasteiger partial charge in [0.2, 0.25) is 0 Å². The van der Waals surface area contributed by atoms with Gasteiger partial charge in [-0.05, 0) is 36.6 Å². The molecule has 0 fully saturated rings. The first-order valence-corrected chi connectivity index (χ1v) is 8.65. The Kier molecular flexibility index (Phi) is 5.12. The molecule has 1 N–H and O–H groups in total. The minimum Gasteiger partial charge on any atom is -0.480 e. The van der Waals surface area contributed by atoms with Gasteiger partial charge in [0.25, 0.3) is 11.6 Å². The normalized spacial score (nSPS) is 15.7. The Bertz CT molecular complexity index is 981. The molecule has 0 radical (unpaired) electrons. The zero-order valence-corrected chi connectivity index (χ0v) is 15.3. The number of carbonyl (C=O) groups is 2. The number of benzene rings is 2. The molecule has 1 aliphatic rings. The van der Waals surface area contributed by atoms with Crippen LogP contribution in [0.1, 0.15) is 25.0 Å². The number of hydrogen-bond acceptors (Lipinski definition) is 5. The number of carboxylic acids is 1. The molecule has 2 aromatic rings. The molecule has 1 aliphatic heterocycles. The number of rotatable bonds is 5. The third kappa shape index (κ3) is 3.57. The standard InChI is InChI=1S/C20H18N2O6/c1-3-13-4-6-14(7-5-13)10-18-19(23)21(12(2)20(24)25)16-11-15(22(26)27)8-9-17(16)28-18/h4-12H,3H2,1-2H3,(H,24,25)/b18-10+. The molecule has 8 heteroatoms. The Labute approximate surface area is 160 Å². The van der Waals surface area contributed by atoms with Crippen molar-refractivity contribution in [3.8, 4) is 5.75 Å². The van der Waals surface area contributed by atoms with E-state index in [1.54, 1.807) is 0 Å². The second-order valence-electron chi connectivity index (χ2n) is 6.30. The largest absolute Gasteiger partial charge is 0.480 e. The molecule has 0 aromatic heterocycles. The van der Waals surface area contributed by atoms with E-state index in [4.69, 9.17) is 4.74 Å². The molecular weight excluding hydrogens is 364 g/mol. The fourth-order valence-electron chi connectivity index (χ4n) is 2.87. The number of fused-ring (bicyclic) bond motifs is 1. The van der Waals surface area contributed by atoms with Crippen LogP contribution in [-0.2, 0) is 16.0 Å². The maximum Gasteiger partial charge on any atom is 0.326 e. The van der Waals surface area contributed by atoms with Crippen molar-refractivity contribution in [1.29, 1.82) is 0 Å². The lowest BCUT2D eigenvalue weighted by Gasteiger charge is -2.32.